The summed E-state index contributed by atoms with van der Waals surface area (Å²) in [4.78, 5) is 25.0. The van der Waals surface area contributed by atoms with Crippen molar-refractivity contribution < 1.29 is 22.7 Å². The Hall–Kier alpha value is -2.42. The molecule has 3 rings (SSSR count). The molecular weight excluding hydrogens is 382 g/mol. The third-order valence-electron chi connectivity index (χ3n) is 5.41. The van der Waals surface area contributed by atoms with E-state index in [1.165, 1.54) is 0 Å². The second kappa shape index (κ2) is 7.20. The lowest BCUT2D eigenvalue weighted by Crippen LogP contribution is -2.17. The van der Waals surface area contributed by atoms with Crippen LogP contribution in [0.3, 0.4) is 0 Å². The molecule has 2 aromatic heterocycles. The molecule has 0 bridgehead atoms. The number of hydrogen-bond donors (Lipinski definition) is 0. The number of nitrogens with zero attached hydrogens (tertiary/aromatic N) is 3. The minimum absolute atomic E-state index is 0.0888. The van der Waals surface area contributed by atoms with Crippen LogP contribution in [0.2, 0.25) is 0 Å². The van der Waals surface area contributed by atoms with E-state index in [9.17, 15) is 18.0 Å². The summed E-state index contributed by atoms with van der Waals surface area (Å²) in [5.41, 5.74) is 3.59. The van der Waals surface area contributed by atoms with Crippen LogP contribution in [0.4, 0.5) is 0 Å². The first-order valence-corrected chi connectivity index (χ1v) is 10.9. The van der Waals surface area contributed by atoms with E-state index in [4.69, 9.17) is 4.74 Å². The Morgan fingerprint density at radius 2 is 1.89 bits per heavy atom. The number of ether oxygens (including phenoxy) is 1. The van der Waals surface area contributed by atoms with Crippen molar-refractivity contribution in [2.75, 3.05) is 18.1 Å². The zero-order valence-corrected chi connectivity index (χ0v) is 17.6. The molecule has 2 aromatic rings. The zero-order valence-electron chi connectivity index (χ0n) is 16.8. The standard InChI is InChI=1S/C19H25N3O5S/c1-11-8-16(13(3)22(11)15-6-7-28(25,26)10-15)17(23)9-27-19(24)18-12(2)20-21(5)14(18)4/h8,15H,6-7,9-10H2,1-5H3. The molecule has 1 unspecified atom stereocenters. The lowest BCUT2D eigenvalue weighted by Gasteiger charge is -2.16. The van der Waals surface area contributed by atoms with Crippen LogP contribution < -0.4 is 0 Å². The molecule has 9 heteroatoms. The highest BCUT2D eigenvalue weighted by Gasteiger charge is 2.32. The molecule has 0 N–H and O–H groups in total. The molecule has 0 aromatic carbocycles. The molecule has 0 radical (unpaired) electrons. The number of esters is 1. The summed E-state index contributed by atoms with van der Waals surface area (Å²) in [6, 6.07) is 1.58. The van der Waals surface area contributed by atoms with E-state index in [2.05, 4.69) is 5.10 Å². The molecule has 1 fully saturated rings. The smallest absolute Gasteiger partial charge is 0.342 e. The van der Waals surface area contributed by atoms with Crippen LogP contribution in [0.5, 0.6) is 0 Å². The van der Waals surface area contributed by atoms with Crippen molar-refractivity contribution in [2.45, 2.75) is 40.2 Å². The van der Waals surface area contributed by atoms with E-state index in [0.29, 0.717) is 34.6 Å². The van der Waals surface area contributed by atoms with Gasteiger partial charge in [0.15, 0.2) is 16.4 Å². The molecule has 1 aliphatic heterocycles. The molecule has 0 saturated carbocycles. The van der Waals surface area contributed by atoms with Crippen molar-refractivity contribution in [1.29, 1.82) is 0 Å². The summed E-state index contributed by atoms with van der Waals surface area (Å²) in [7, 11) is -1.29. The molecule has 1 aliphatic rings. The topological polar surface area (TPSA) is 100 Å². The van der Waals surface area contributed by atoms with Gasteiger partial charge in [-0.2, -0.15) is 5.10 Å². The van der Waals surface area contributed by atoms with Gasteiger partial charge in [0.2, 0.25) is 5.78 Å². The van der Waals surface area contributed by atoms with Crippen molar-refractivity contribution in [3.63, 3.8) is 0 Å². The van der Waals surface area contributed by atoms with Gasteiger partial charge in [0.05, 0.1) is 17.2 Å². The first kappa shape index (κ1) is 20.3. The number of aromatic nitrogens is 3. The highest BCUT2D eigenvalue weighted by molar-refractivity contribution is 7.91. The minimum atomic E-state index is -3.03. The van der Waals surface area contributed by atoms with Crippen molar-refractivity contribution in [3.05, 3.63) is 40.0 Å². The van der Waals surface area contributed by atoms with Gasteiger partial charge in [0.1, 0.15) is 5.56 Å². The van der Waals surface area contributed by atoms with Gasteiger partial charge in [0, 0.05) is 35.7 Å². The first-order chi connectivity index (χ1) is 13.0. The van der Waals surface area contributed by atoms with Gasteiger partial charge in [-0.3, -0.25) is 9.48 Å². The predicted octanol–water partition coefficient (Wildman–Crippen LogP) is 1.85. The van der Waals surface area contributed by atoms with Crippen molar-refractivity contribution >= 4 is 21.6 Å². The average Bonchev–Trinajstić information content (AvgIpc) is 3.19. The number of rotatable bonds is 5. The van der Waals surface area contributed by atoms with Crippen LogP contribution in [0, 0.1) is 27.7 Å². The van der Waals surface area contributed by atoms with Crippen molar-refractivity contribution in [2.24, 2.45) is 7.05 Å². The largest absolute Gasteiger partial charge is 0.454 e. The maximum absolute atomic E-state index is 12.7. The van der Waals surface area contributed by atoms with E-state index in [0.717, 1.165) is 5.69 Å². The summed E-state index contributed by atoms with van der Waals surface area (Å²) >= 11 is 0. The quantitative estimate of drug-likeness (QED) is 0.554. The third kappa shape index (κ3) is 3.63. The Morgan fingerprint density at radius 1 is 1.21 bits per heavy atom. The Labute approximate surface area is 164 Å². The molecular formula is C19H25N3O5S. The van der Waals surface area contributed by atoms with Gasteiger partial charge in [-0.15, -0.1) is 0 Å². The fourth-order valence-electron chi connectivity index (χ4n) is 3.95. The lowest BCUT2D eigenvalue weighted by atomic mass is 10.1. The first-order valence-electron chi connectivity index (χ1n) is 9.11. The summed E-state index contributed by atoms with van der Waals surface area (Å²) < 4.78 is 32.3. The van der Waals surface area contributed by atoms with Crippen LogP contribution in [0.15, 0.2) is 6.07 Å². The van der Waals surface area contributed by atoms with E-state index in [1.807, 2.05) is 11.5 Å². The fraction of sp³-hybridized carbons (Fsp3) is 0.526. The molecule has 3 heterocycles. The van der Waals surface area contributed by atoms with E-state index in [-0.39, 0.29) is 29.9 Å². The predicted molar refractivity (Wildman–Crippen MR) is 104 cm³/mol. The summed E-state index contributed by atoms with van der Waals surface area (Å²) in [5, 5.41) is 4.18. The van der Waals surface area contributed by atoms with E-state index in [1.54, 1.807) is 38.6 Å². The Kier molecular flexibility index (Phi) is 5.22. The molecule has 0 spiro atoms. The number of carbonyl (C=O) groups excluding carboxylic acids is 2. The minimum Gasteiger partial charge on any atom is -0.454 e. The van der Waals surface area contributed by atoms with Gasteiger partial charge in [-0.1, -0.05) is 0 Å². The molecule has 8 nitrogen and oxygen atoms in total. The number of hydrogen-bond acceptors (Lipinski definition) is 6. The van der Waals surface area contributed by atoms with Crippen LogP contribution in [0.1, 0.15) is 56.0 Å². The Morgan fingerprint density at radius 3 is 2.43 bits per heavy atom. The maximum Gasteiger partial charge on any atom is 0.342 e. The Bertz CT molecular complexity index is 1060. The lowest BCUT2D eigenvalue weighted by molar-refractivity contribution is 0.0473. The SMILES string of the molecule is Cc1nn(C)c(C)c1C(=O)OCC(=O)c1cc(C)n(C2CCS(=O)(=O)C2)c1C. The summed E-state index contributed by atoms with van der Waals surface area (Å²) in [6.07, 6.45) is 0.543. The van der Waals surface area contributed by atoms with E-state index < -0.39 is 15.8 Å². The average molecular weight is 407 g/mol. The van der Waals surface area contributed by atoms with Crippen molar-refractivity contribution in [1.82, 2.24) is 14.3 Å². The fourth-order valence-corrected chi connectivity index (χ4v) is 5.65. The van der Waals surface area contributed by atoms with Crippen LogP contribution >= 0.6 is 0 Å². The number of aryl methyl sites for hydroxylation is 3. The monoisotopic (exact) mass is 407 g/mol. The van der Waals surface area contributed by atoms with Gasteiger partial charge in [0.25, 0.3) is 0 Å². The van der Waals surface area contributed by atoms with E-state index >= 15 is 0 Å². The van der Waals surface area contributed by atoms with Gasteiger partial charge < -0.3 is 9.30 Å². The van der Waals surface area contributed by atoms with Gasteiger partial charge >= 0.3 is 5.97 Å². The number of carbonyl (C=O) groups is 2. The second-order valence-electron chi connectivity index (χ2n) is 7.38. The molecule has 28 heavy (non-hydrogen) atoms. The second-order valence-corrected chi connectivity index (χ2v) is 9.61. The van der Waals surface area contributed by atoms with Gasteiger partial charge in [-0.05, 0) is 40.2 Å². The third-order valence-corrected chi connectivity index (χ3v) is 7.16. The molecule has 1 saturated heterocycles. The highest BCUT2D eigenvalue weighted by atomic mass is 32.2. The normalized spacial score (nSPS) is 18.4. The van der Waals surface area contributed by atoms with Gasteiger partial charge in [-0.25, -0.2) is 13.2 Å². The molecule has 1 atom stereocenters. The van der Waals surface area contributed by atoms with Crippen LogP contribution in [-0.4, -0.2) is 52.6 Å². The number of ketones is 1. The van der Waals surface area contributed by atoms with Crippen LogP contribution in [0.25, 0.3) is 0 Å². The number of sulfone groups is 1. The molecule has 0 aliphatic carbocycles. The summed E-state index contributed by atoms with van der Waals surface area (Å²) in [6.45, 7) is 6.75. The molecule has 0 amide bonds. The molecule has 152 valence electrons. The van der Waals surface area contributed by atoms with Crippen LogP contribution in [-0.2, 0) is 21.6 Å². The van der Waals surface area contributed by atoms with Crippen molar-refractivity contribution in [3.8, 4) is 0 Å². The summed E-state index contributed by atoms with van der Waals surface area (Å²) in [5.74, 6) is -0.634. The maximum atomic E-state index is 12.7. The highest BCUT2D eigenvalue weighted by Crippen LogP contribution is 2.29. The number of Topliss-reactive ketones (excluding diaryl/α,β-unsaturated/α-hetero) is 1. The Balaban J connectivity index is 1.75. The zero-order chi connectivity index (χ0) is 20.8.